The van der Waals surface area contributed by atoms with Crippen LogP contribution in [-0.2, 0) is 0 Å². The van der Waals surface area contributed by atoms with Crippen LogP contribution in [0, 0.1) is 11.6 Å². The molecule has 0 spiro atoms. The van der Waals surface area contributed by atoms with Crippen molar-refractivity contribution in [2.45, 2.75) is 45.1 Å². The second kappa shape index (κ2) is 6.59. The van der Waals surface area contributed by atoms with Crippen molar-refractivity contribution >= 4 is 0 Å². The Balaban J connectivity index is 2.48. The number of benzene rings is 1. The minimum atomic E-state index is -0.556. The van der Waals surface area contributed by atoms with Crippen LogP contribution in [-0.4, -0.2) is 0 Å². The molecule has 16 heavy (non-hydrogen) atoms. The largest absolute Gasteiger partial charge is 0.324 e. The fourth-order valence-corrected chi connectivity index (χ4v) is 1.75. The van der Waals surface area contributed by atoms with Gasteiger partial charge in [0.2, 0.25) is 0 Å². The van der Waals surface area contributed by atoms with Crippen LogP contribution < -0.4 is 5.73 Å². The molecule has 0 radical (unpaired) electrons. The highest BCUT2D eigenvalue weighted by Crippen LogP contribution is 2.19. The normalized spacial score (nSPS) is 12.8. The molecule has 0 bridgehead atoms. The van der Waals surface area contributed by atoms with E-state index in [1.165, 1.54) is 25.0 Å². The van der Waals surface area contributed by atoms with Gasteiger partial charge >= 0.3 is 0 Å². The lowest BCUT2D eigenvalue weighted by Gasteiger charge is -2.12. The first-order chi connectivity index (χ1) is 7.63. The quantitative estimate of drug-likeness (QED) is 0.732. The maximum absolute atomic E-state index is 12.9. The molecule has 1 aromatic carbocycles. The molecule has 0 aromatic heterocycles. The Hall–Kier alpha value is -0.960. The van der Waals surface area contributed by atoms with E-state index in [0.717, 1.165) is 25.3 Å². The second-order valence-corrected chi connectivity index (χ2v) is 4.16. The van der Waals surface area contributed by atoms with Crippen LogP contribution in [0.1, 0.15) is 50.6 Å². The Labute approximate surface area is 95.7 Å². The average molecular weight is 227 g/mol. The maximum atomic E-state index is 12.9. The van der Waals surface area contributed by atoms with E-state index in [1.54, 1.807) is 0 Å². The monoisotopic (exact) mass is 227 g/mol. The van der Waals surface area contributed by atoms with Gasteiger partial charge in [0.25, 0.3) is 0 Å². The van der Waals surface area contributed by atoms with E-state index in [1.807, 2.05) is 0 Å². The number of halogens is 2. The lowest BCUT2D eigenvalue weighted by atomic mass is 10.0. The lowest BCUT2D eigenvalue weighted by Crippen LogP contribution is -2.10. The summed E-state index contributed by atoms with van der Waals surface area (Å²) in [5.41, 5.74) is 6.43. The number of nitrogens with two attached hydrogens (primary N) is 1. The third-order valence-electron chi connectivity index (χ3n) is 2.68. The lowest BCUT2D eigenvalue weighted by molar-refractivity contribution is 0.546. The Bertz CT molecular complexity index is 305. The fourth-order valence-electron chi connectivity index (χ4n) is 1.75. The van der Waals surface area contributed by atoms with E-state index in [-0.39, 0.29) is 6.04 Å². The van der Waals surface area contributed by atoms with Gasteiger partial charge in [-0.25, -0.2) is 8.78 Å². The van der Waals surface area contributed by atoms with E-state index in [0.29, 0.717) is 5.56 Å². The highest BCUT2D eigenvalue weighted by molar-refractivity contribution is 5.20. The Morgan fingerprint density at radius 2 is 1.69 bits per heavy atom. The van der Waals surface area contributed by atoms with E-state index in [9.17, 15) is 8.78 Å². The summed E-state index contributed by atoms with van der Waals surface area (Å²) in [6, 6.07) is 3.23. The fraction of sp³-hybridized carbons (Fsp3) is 0.538. The van der Waals surface area contributed by atoms with Gasteiger partial charge in [-0.3, -0.25) is 0 Å². The van der Waals surface area contributed by atoms with E-state index >= 15 is 0 Å². The van der Waals surface area contributed by atoms with E-state index in [4.69, 9.17) is 5.73 Å². The Morgan fingerprint density at radius 3 is 2.25 bits per heavy atom. The molecule has 0 fully saturated rings. The Kier molecular flexibility index (Phi) is 5.39. The standard InChI is InChI=1S/C13H19F2N/c1-2-3-4-5-6-13(16)10-7-11(14)9-12(15)8-10/h7-9,13H,2-6,16H2,1H3. The SMILES string of the molecule is CCCCCCC(N)c1cc(F)cc(F)c1. The summed E-state index contributed by atoms with van der Waals surface area (Å²) in [6.07, 6.45) is 5.27. The summed E-state index contributed by atoms with van der Waals surface area (Å²) < 4.78 is 25.9. The number of hydrogen-bond acceptors (Lipinski definition) is 1. The predicted molar refractivity (Wildman–Crippen MR) is 62.0 cm³/mol. The van der Waals surface area contributed by atoms with Crippen LogP contribution in [0.2, 0.25) is 0 Å². The van der Waals surface area contributed by atoms with Gasteiger partial charge in [-0.15, -0.1) is 0 Å². The van der Waals surface area contributed by atoms with Gasteiger partial charge in [0.05, 0.1) is 0 Å². The highest BCUT2D eigenvalue weighted by Gasteiger charge is 2.08. The molecule has 1 aromatic rings. The summed E-state index contributed by atoms with van der Waals surface area (Å²) in [4.78, 5) is 0. The third kappa shape index (κ3) is 4.27. The summed E-state index contributed by atoms with van der Waals surface area (Å²) >= 11 is 0. The van der Waals surface area contributed by atoms with Gasteiger partial charge < -0.3 is 5.73 Å². The van der Waals surface area contributed by atoms with Gasteiger partial charge in [-0.1, -0.05) is 32.6 Å². The number of rotatable bonds is 6. The molecular weight excluding hydrogens is 208 g/mol. The van der Waals surface area contributed by atoms with Crippen LogP contribution in [0.3, 0.4) is 0 Å². The molecule has 3 heteroatoms. The maximum Gasteiger partial charge on any atom is 0.126 e. The first kappa shape index (κ1) is 13.1. The molecule has 0 aliphatic carbocycles. The molecular formula is C13H19F2N. The van der Waals surface area contributed by atoms with Crippen molar-refractivity contribution in [3.05, 3.63) is 35.4 Å². The summed E-state index contributed by atoms with van der Waals surface area (Å²) in [7, 11) is 0. The van der Waals surface area contributed by atoms with Gasteiger partial charge in [0.1, 0.15) is 11.6 Å². The van der Waals surface area contributed by atoms with Crippen molar-refractivity contribution in [2.75, 3.05) is 0 Å². The van der Waals surface area contributed by atoms with Crippen molar-refractivity contribution in [1.82, 2.24) is 0 Å². The molecule has 1 rings (SSSR count). The first-order valence-corrected chi connectivity index (χ1v) is 5.85. The molecule has 0 saturated carbocycles. The number of hydrogen-bond donors (Lipinski definition) is 1. The topological polar surface area (TPSA) is 26.0 Å². The van der Waals surface area contributed by atoms with Crippen LogP contribution in [0.15, 0.2) is 18.2 Å². The van der Waals surface area contributed by atoms with Crippen molar-refractivity contribution in [3.63, 3.8) is 0 Å². The minimum absolute atomic E-state index is 0.262. The van der Waals surface area contributed by atoms with Crippen LogP contribution >= 0.6 is 0 Å². The van der Waals surface area contributed by atoms with Crippen molar-refractivity contribution in [2.24, 2.45) is 5.73 Å². The molecule has 0 aliphatic rings. The summed E-state index contributed by atoms with van der Waals surface area (Å²) in [5.74, 6) is -1.11. The summed E-state index contributed by atoms with van der Waals surface area (Å²) in [5, 5.41) is 0. The van der Waals surface area contributed by atoms with E-state index < -0.39 is 11.6 Å². The molecule has 0 heterocycles. The molecule has 0 amide bonds. The highest BCUT2D eigenvalue weighted by atomic mass is 19.1. The van der Waals surface area contributed by atoms with Gasteiger partial charge in [-0.05, 0) is 24.1 Å². The van der Waals surface area contributed by atoms with Crippen molar-refractivity contribution < 1.29 is 8.78 Å². The zero-order valence-electron chi connectivity index (χ0n) is 9.68. The minimum Gasteiger partial charge on any atom is -0.324 e. The molecule has 90 valence electrons. The smallest absolute Gasteiger partial charge is 0.126 e. The molecule has 1 unspecified atom stereocenters. The molecule has 2 N–H and O–H groups in total. The third-order valence-corrected chi connectivity index (χ3v) is 2.68. The second-order valence-electron chi connectivity index (χ2n) is 4.16. The van der Waals surface area contributed by atoms with Gasteiger partial charge in [0, 0.05) is 12.1 Å². The van der Waals surface area contributed by atoms with Crippen LogP contribution in [0.4, 0.5) is 8.78 Å². The van der Waals surface area contributed by atoms with Crippen LogP contribution in [0.5, 0.6) is 0 Å². The first-order valence-electron chi connectivity index (χ1n) is 5.85. The molecule has 1 atom stereocenters. The molecule has 0 saturated heterocycles. The zero-order valence-corrected chi connectivity index (χ0v) is 9.68. The van der Waals surface area contributed by atoms with Crippen molar-refractivity contribution in [3.8, 4) is 0 Å². The van der Waals surface area contributed by atoms with Crippen molar-refractivity contribution in [1.29, 1.82) is 0 Å². The average Bonchev–Trinajstić information content (AvgIpc) is 2.22. The molecule has 1 nitrogen and oxygen atoms in total. The summed E-state index contributed by atoms with van der Waals surface area (Å²) in [6.45, 7) is 2.14. The van der Waals surface area contributed by atoms with Gasteiger partial charge in [-0.2, -0.15) is 0 Å². The van der Waals surface area contributed by atoms with Crippen LogP contribution in [0.25, 0.3) is 0 Å². The van der Waals surface area contributed by atoms with Gasteiger partial charge in [0.15, 0.2) is 0 Å². The molecule has 0 aliphatic heterocycles. The predicted octanol–water partition coefficient (Wildman–Crippen LogP) is 3.94. The van der Waals surface area contributed by atoms with E-state index in [2.05, 4.69) is 6.92 Å². The Morgan fingerprint density at radius 1 is 1.06 bits per heavy atom. The number of unbranched alkanes of at least 4 members (excludes halogenated alkanes) is 3. The zero-order chi connectivity index (χ0) is 12.0.